The normalized spacial score (nSPS) is 11.7. The van der Waals surface area contributed by atoms with Crippen molar-refractivity contribution in [2.75, 3.05) is 14.2 Å². The molecule has 4 N–H and O–H groups in total. The summed E-state index contributed by atoms with van der Waals surface area (Å²) >= 11 is 0. The van der Waals surface area contributed by atoms with Crippen molar-refractivity contribution >= 4 is 11.9 Å². The number of methoxy groups -OCH3 is 2. The zero-order valence-corrected chi connectivity index (χ0v) is 12.1. The van der Waals surface area contributed by atoms with Crippen molar-refractivity contribution in [2.45, 2.75) is 25.4 Å². The van der Waals surface area contributed by atoms with Gasteiger partial charge in [0.2, 0.25) is 5.91 Å². The molecule has 0 aliphatic rings. The predicted molar refractivity (Wildman–Crippen MR) is 76.2 cm³/mol. The summed E-state index contributed by atoms with van der Waals surface area (Å²) in [7, 11) is 3.08. The molecule has 1 unspecified atom stereocenters. The van der Waals surface area contributed by atoms with Gasteiger partial charge in [-0.1, -0.05) is 0 Å². The van der Waals surface area contributed by atoms with Gasteiger partial charge in [0.05, 0.1) is 14.2 Å². The van der Waals surface area contributed by atoms with Crippen LogP contribution in [-0.2, 0) is 16.1 Å². The number of primary amides is 1. The van der Waals surface area contributed by atoms with E-state index in [2.05, 4.69) is 5.32 Å². The first-order valence-corrected chi connectivity index (χ1v) is 6.43. The molecule has 0 aromatic heterocycles. The Morgan fingerprint density at radius 3 is 2.57 bits per heavy atom. The summed E-state index contributed by atoms with van der Waals surface area (Å²) in [6.45, 7) is 0.274. The van der Waals surface area contributed by atoms with Gasteiger partial charge in [-0.25, -0.2) is 0 Å². The van der Waals surface area contributed by atoms with E-state index in [0.29, 0.717) is 11.5 Å². The zero-order chi connectivity index (χ0) is 15.8. The number of carbonyl (C=O) groups excluding carboxylic acids is 1. The molecule has 0 aliphatic carbocycles. The van der Waals surface area contributed by atoms with Crippen LogP contribution in [0.1, 0.15) is 18.4 Å². The number of aliphatic carboxylic acids is 1. The van der Waals surface area contributed by atoms with Crippen LogP contribution in [0.2, 0.25) is 0 Å². The number of nitrogens with one attached hydrogen (secondary N) is 1. The summed E-state index contributed by atoms with van der Waals surface area (Å²) < 4.78 is 10.3. The number of benzene rings is 1. The van der Waals surface area contributed by atoms with Crippen LogP contribution in [0.25, 0.3) is 0 Å². The Hall–Kier alpha value is -2.28. The fraction of sp³-hybridized carbons (Fsp3) is 0.429. The molecule has 0 saturated heterocycles. The van der Waals surface area contributed by atoms with E-state index in [1.807, 2.05) is 0 Å². The van der Waals surface area contributed by atoms with E-state index >= 15 is 0 Å². The average molecular weight is 296 g/mol. The fourth-order valence-electron chi connectivity index (χ4n) is 1.85. The van der Waals surface area contributed by atoms with Crippen LogP contribution < -0.4 is 20.5 Å². The molecule has 0 spiro atoms. The summed E-state index contributed by atoms with van der Waals surface area (Å²) in [6.07, 6.45) is 0.149. The van der Waals surface area contributed by atoms with Crippen LogP contribution in [-0.4, -0.2) is 37.2 Å². The van der Waals surface area contributed by atoms with Crippen LogP contribution >= 0.6 is 0 Å². The number of amides is 1. The fourth-order valence-corrected chi connectivity index (χ4v) is 1.85. The maximum absolute atomic E-state index is 11.1. The van der Waals surface area contributed by atoms with E-state index in [9.17, 15) is 9.59 Å². The minimum Gasteiger partial charge on any atom is -0.497 e. The summed E-state index contributed by atoms with van der Waals surface area (Å²) in [6, 6.07) is 4.41. The monoisotopic (exact) mass is 296 g/mol. The van der Waals surface area contributed by atoms with Gasteiger partial charge < -0.3 is 25.6 Å². The molecule has 1 atom stereocenters. The number of rotatable bonds is 9. The first kappa shape index (κ1) is 16.8. The molecule has 0 radical (unpaired) electrons. The van der Waals surface area contributed by atoms with Crippen molar-refractivity contribution in [3.8, 4) is 11.5 Å². The van der Waals surface area contributed by atoms with Crippen LogP contribution in [0.15, 0.2) is 18.2 Å². The second-order valence-corrected chi connectivity index (χ2v) is 4.45. The Balaban J connectivity index is 2.74. The first-order valence-electron chi connectivity index (χ1n) is 6.43. The number of hydrogen-bond acceptors (Lipinski definition) is 5. The molecule has 1 amide bonds. The van der Waals surface area contributed by atoms with E-state index in [1.54, 1.807) is 25.3 Å². The van der Waals surface area contributed by atoms with Gasteiger partial charge in [-0.3, -0.25) is 9.59 Å². The third-order valence-corrected chi connectivity index (χ3v) is 3.00. The molecule has 0 heterocycles. The highest BCUT2D eigenvalue weighted by atomic mass is 16.5. The molecule has 1 rings (SSSR count). The predicted octanol–water partition coefficient (Wildman–Crippen LogP) is 0.512. The van der Waals surface area contributed by atoms with E-state index in [0.717, 1.165) is 5.56 Å². The quantitative estimate of drug-likeness (QED) is 0.612. The zero-order valence-electron chi connectivity index (χ0n) is 12.1. The Morgan fingerprint density at radius 1 is 1.33 bits per heavy atom. The minimum atomic E-state index is -1.03. The molecule has 0 fully saturated rings. The van der Waals surface area contributed by atoms with Gasteiger partial charge in [0, 0.05) is 18.5 Å². The SMILES string of the molecule is COc1ccc(OC)c(CNC(CCC(N)=O)C(=O)O)c1. The molecular weight excluding hydrogens is 276 g/mol. The van der Waals surface area contributed by atoms with Gasteiger partial charge in [0.25, 0.3) is 0 Å². The number of carbonyl (C=O) groups is 2. The van der Waals surface area contributed by atoms with Gasteiger partial charge in [-0.2, -0.15) is 0 Å². The highest BCUT2D eigenvalue weighted by molar-refractivity contribution is 5.77. The number of carboxylic acid groups (broad SMARTS) is 1. The van der Waals surface area contributed by atoms with Crippen LogP contribution in [0, 0.1) is 0 Å². The number of hydrogen-bond donors (Lipinski definition) is 3. The Morgan fingerprint density at radius 2 is 2.05 bits per heavy atom. The molecular formula is C14H20N2O5. The van der Waals surface area contributed by atoms with Crippen molar-refractivity contribution in [2.24, 2.45) is 5.73 Å². The standard InChI is InChI=1S/C14H20N2O5/c1-20-10-3-5-12(21-2)9(7-10)8-16-11(14(18)19)4-6-13(15)17/h3,5,7,11,16H,4,6,8H2,1-2H3,(H2,15,17)(H,18,19). The molecule has 0 aliphatic heterocycles. The molecule has 0 bridgehead atoms. The van der Waals surface area contributed by atoms with Gasteiger partial charge in [0.1, 0.15) is 17.5 Å². The van der Waals surface area contributed by atoms with E-state index < -0.39 is 17.9 Å². The molecule has 0 saturated carbocycles. The minimum absolute atomic E-state index is 0.0131. The van der Waals surface area contributed by atoms with E-state index in [1.165, 1.54) is 7.11 Å². The Kier molecular flexibility index (Phi) is 6.48. The van der Waals surface area contributed by atoms with Crippen molar-refractivity contribution in [1.29, 1.82) is 0 Å². The maximum atomic E-state index is 11.1. The molecule has 21 heavy (non-hydrogen) atoms. The van der Waals surface area contributed by atoms with Crippen molar-refractivity contribution in [3.05, 3.63) is 23.8 Å². The smallest absolute Gasteiger partial charge is 0.320 e. The second-order valence-electron chi connectivity index (χ2n) is 4.45. The van der Waals surface area contributed by atoms with Gasteiger partial charge in [-0.05, 0) is 24.6 Å². The molecule has 7 nitrogen and oxygen atoms in total. The molecule has 1 aromatic carbocycles. The van der Waals surface area contributed by atoms with Crippen molar-refractivity contribution < 1.29 is 24.2 Å². The van der Waals surface area contributed by atoms with E-state index in [4.69, 9.17) is 20.3 Å². The van der Waals surface area contributed by atoms with Crippen LogP contribution in [0.5, 0.6) is 11.5 Å². The molecule has 1 aromatic rings. The third kappa shape index (κ3) is 5.31. The second kappa shape index (κ2) is 8.11. The lowest BCUT2D eigenvalue weighted by molar-refractivity contribution is -0.139. The van der Waals surface area contributed by atoms with Crippen molar-refractivity contribution in [3.63, 3.8) is 0 Å². The van der Waals surface area contributed by atoms with Crippen molar-refractivity contribution in [1.82, 2.24) is 5.32 Å². The Bertz CT molecular complexity index is 504. The lowest BCUT2D eigenvalue weighted by Gasteiger charge is -2.16. The number of ether oxygens (including phenoxy) is 2. The van der Waals surface area contributed by atoms with E-state index in [-0.39, 0.29) is 19.4 Å². The summed E-state index contributed by atoms with van der Waals surface area (Å²) in [4.78, 5) is 21.9. The largest absolute Gasteiger partial charge is 0.497 e. The lowest BCUT2D eigenvalue weighted by atomic mass is 10.1. The van der Waals surface area contributed by atoms with Gasteiger partial charge in [-0.15, -0.1) is 0 Å². The average Bonchev–Trinajstić information content (AvgIpc) is 2.46. The molecule has 116 valence electrons. The highest BCUT2D eigenvalue weighted by Crippen LogP contribution is 2.23. The third-order valence-electron chi connectivity index (χ3n) is 3.00. The van der Waals surface area contributed by atoms with Gasteiger partial charge in [0.15, 0.2) is 0 Å². The first-order chi connectivity index (χ1) is 9.97. The topological polar surface area (TPSA) is 111 Å². The lowest BCUT2D eigenvalue weighted by Crippen LogP contribution is -2.37. The number of nitrogens with two attached hydrogens (primary N) is 1. The summed E-state index contributed by atoms with van der Waals surface area (Å²) in [5, 5.41) is 12.0. The molecule has 7 heteroatoms. The van der Waals surface area contributed by atoms with Gasteiger partial charge >= 0.3 is 5.97 Å². The van der Waals surface area contributed by atoms with Crippen LogP contribution in [0.3, 0.4) is 0 Å². The maximum Gasteiger partial charge on any atom is 0.320 e. The Labute approximate surface area is 123 Å². The number of carboxylic acids is 1. The summed E-state index contributed by atoms with van der Waals surface area (Å²) in [5.74, 6) is -0.279. The highest BCUT2D eigenvalue weighted by Gasteiger charge is 2.18. The summed E-state index contributed by atoms with van der Waals surface area (Å²) in [5.41, 5.74) is 5.80. The van der Waals surface area contributed by atoms with Crippen LogP contribution in [0.4, 0.5) is 0 Å².